The summed E-state index contributed by atoms with van der Waals surface area (Å²) in [5.74, 6) is -0.279. The van der Waals surface area contributed by atoms with E-state index in [0.717, 1.165) is 12.8 Å². The molecule has 0 aromatic heterocycles. The van der Waals surface area contributed by atoms with E-state index in [1.807, 2.05) is 7.05 Å². The molecule has 1 aromatic rings. The Morgan fingerprint density at radius 1 is 1.25 bits per heavy atom. The molecule has 1 amide bonds. The third kappa shape index (κ3) is 3.79. The molecule has 0 aliphatic heterocycles. The maximum absolute atomic E-state index is 13.5. The first-order valence-electron chi connectivity index (χ1n) is 7.34. The Balaban J connectivity index is 1.87. The summed E-state index contributed by atoms with van der Waals surface area (Å²) in [4.78, 5) is 12.1. The molecule has 1 aromatic carbocycles. The third-order valence-electron chi connectivity index (χ3n) is 4.27. The van der Waals surface area contributed by atoms with E-state index >= 15 is 0 Å². The van der Waals surface area contributed by atoms with E-state index in [4.69, 9.17) is 0 Å². The Kier molecular flexibility index (Phi) is 5.12. The van der Waals surface area contributed by atoms with Gasteiger partial charge in [-0.3, -0.25) is 4.79 Å². The van der Waals surface area contributed by atoms with Gasteiger partial charge in [-0.05, 0) is 26.0 Å². The highest BCUT2D eigenvalue weighted by molar-refractivity contribution is 5.77. The van der Waals surface area contributed by atoms with Gasteiger partial charge < -0.3 is 10.6 Å². The van der Waals surface area contributed by atoms with Gasteiger partial charge in [0.25, 0.3) is 0 Å². The number of rotatable bonds is 5. The number of amides is 1. The smallest absolute Gasteiger partial charge is 0.222 e. The molecule has 110 valence electrons. The van der Waals surface area contributed by atoms with Crippen LogP contribution in [0, 0.1) is 5.82 Å². The molecule has 1 fully saturated rings. The lowest BCUT2D eigenvalue weighted by atomic mass is 9.79. The second kappa shape index (κ2) is 6.84. The molecule has 0 radical (unpaired) electrons. The van der Waals surface area contributed by atoms with Crippen LogP contribution in [0.3, 0.4) is 0 Å². The van der Waals surface area contributed by atoms with Crippen molar-refractivity contribution in [3.63, 3.8) is 0 Å². The van der Waals surface area contributed by atoms with Crippen molar-refractivity contribution < 1.29 is 9.18 Å². The molecule has 1 saturated carbocycles. The summed E-state index contributed by atoms with van der Waals surface area (Å²) in [6, 6.07) is 6.54. The fourth-order valence-electron chi connectivity index (χ4n) is 2.95. The summed E-state index contributed by atoms with van der Waals surface area (Å²) in [6.07, 6.45) is 6.13. The Bertz CT molecular complexity index is 456. The van der Waals surface area contributed by atoms with Crippen molar-refractivity contribution in [1.29, 1.82) is 0 Å². The summed E-state index contributed by atoms with van der Waals surface area (Å²) >= 11 is 0. The fraction of sp³-hybridized carbons (Fsp3) is 0.562. The first-order valence-corrected chi connectivity index (χ1v) is 7.34. The number of carbonyl (C=O) groups is 1. The van der Waals surface area contributed by atoms with Crippen LogP contribution in [0.25, 0.3) is 0 Å². The van der Waals surface area contributed by atoms with Crippen LogP contribution < -0.4 is 10.6 Å². The topological polar surface area (TPSA) is 41.1 Å². The average molecular weight is 278 g/mol. The number of hydrogen-bond donors (Lipinski definition) is 2. The Morgan fingerprint density at radius 3 is 2.60 bits per heavy atom. The van der Waals surface area contributed by atoms with E-state index < -0.39 is 0 Å². The van der Waals surface area contributed by atoms with E-state index in [9.17, 15) is 9.18 Å². The van der Waals surface area contributed by atoms with E-state index in [1.165, 1.54) is 25.3 Å². The predicted octanol–water partition coefficient (Wildman–Crippen LogP) is 2.75. The zero-order chi connectivity index (χ0) is 14.4. The molecular formula is C16H23FN2O. The first-order chi connectivity index (χ1) is 9.65. The fourth-order valence-corrected chi connectivity index (χ4v) is 2.95. The predicted molar refractivity (Wildman–Crippen MR) is 77.7 cm³/mol. The highest BCUT2D eigenvalue weighted by Gasteiger charge is 2.32. The number of carbonyl (C=O) groups excluding carboxylic acids is 1. The van der Waals surface area contributed by atoms with Crippen molar-refractivity contribution in [1.82, 2.24) is 10.6 Å². The maximum atomic E-state index is 13.5. The van der Waals surface area contributed by atoms with E-state index in [1.54, 1.807) is 18.2 Å². The highest BCUT2D eigenvalue weighted by atomic mass is 19.1. The van der Waals surface area contributed by atoms with Gasteiger partial charge in [0.2, 0.25) is 5.91 Å². The molecular weight excluding hydrogens is 255 g/mol. The standard InChI is InChI=1S/C16H23FN2O/c1-18-16(9-5-2-6-10-16)11-15(20)19-12-13-7-3-4-8-14(13)17/h3-4,7-8,18H,2,5-6,9-12H2,1H3,(H,19,20). The Hall–Kier alpha value is -1.42. The maximum Gasteiger partial charge on any atom is 0.222 e. The summed E-state index contributed by atoms with van der Waals surface area (Å²) in [5, 5.41) is 6.15. The lowest BCUT2D eigenvalue weighted by Gasteiger charge is -2.36. The van der Waals surface area contributed by atoms with Gasteiger partial charge in [0, 0.05) is 24.1 Å². The Morgan fingerprint density at radius 2 is 1.95 bits per heavy atom. The number of nitrogens with one attached hydrogen (secondary N) is 2. The molecule has 20 heavy (non-hydrogen) atoms. The van der Waals surface area contributed by atoms with Crippen molar-refractivity contribution >= 4 is 5.91 Å². The monoisotopic (exact) mass is 278 g/mol. The minimum atomic E-state index is -0.270. The molecule has 2 rings (SSSR count). The van der Waals surface area contributed by atoms with Gasteiger partial charge in [0.1, 0.15) is 5.82 Å². The van der Waals surface area contributed by atoms with Crippen LogP contribution >= 0.6 is 0 Å². The largest absolute Gasteiger partial charge is 0.352 e. The van der Waals surface area contributed by atoms with Gasteiger partial charge in [0.05, 0.1) is 0 Å². The minimum absolute atomic E-state index is 0.00972. The van der Waals surface area contributed by atoms with Gasteiger partial charge in [0.15, 0.2) is 0 Å². The minimum Gasteiger partial charge on any atom is -0.352 e. The summed E-state index contributed by atoms with van der Waals surface area (Å²) in [6.45, 7) is 0.255. The van der Waals surface area contributed by atoms with Crippen molar-refractivity contribution in [3.8, 4) is 0 Å². The van der Waals surface area contributed by atoms with Crippen LogP contribution in [0.15, 0.2) is 24.3 Å². The normalized spacial score (nSPS) is 17.7. The van der Waals surface area contributed by atoms with E-state index in [-0.39, 0.29) is 23.8 Å². The molecule has 0 unspecified atom stereocenters. The van der Waals surface area contributed by atoms with Gasteiger partial charge in [-0.2, -0.15) is 0 Å². The van der Waals surface area contributed by atoms with Gasteiger partial charge in [-0.15, -0.1) is 0 Å². The van der Waals surface area contributed by atoms with Crippen LogP contribution in [0.4, 0.5) is 4.39 Å². The zero-order valence-corrected chi connectivity index (χ0v) is 12.0. The van der Waals surface area contributed by atoms with E-state index in [2.05, 4.69) is 10.6 Å². The third-order valence-corrected chi connectivity index (χ3v) is 4.27. The van der Waals surface area contributed by atoms with Gasteiger partial charge in [-0.25, -0.2) is 4.39 Å². The number of hydrogen-bond acceptors (Lipinski definition) is 2. The van der Waals surface area contributed by atoms with Crippen molar-refractivity contribution in [2.75, 3.05) is 7.05 Å². The molecule has 2 N–H and O–H groups in total. The first kappa shape index (κ1) is 15.0. The van der Waals surface area contributed by atoms with Crippen molar-refractivity contribution in [2.45, 2.75) is 50.6 Å². The van der Waals surface area contributed by atoms with Crippen LogP contribution in [-0.4, -0.2) is 18.5 Å². The molecule has 0 spiro atoms. The van der Waals surface area contributed by atoms with Crippen LogP contribution in [-0.2, 0) is 11.3 Å². The molecule has 0 heterocycles. The summed E-state index contributed by atoms with van der Waals surface area (Å²) in [7, 11) is 1.93. The lowest BCUT2D eigenvalue weighted by Crippen LogP contribution is -2.48. The highest BCUT2D eigenvalue weighted by Crippen LogP contribution is 2.30. The van der Waals surface area contributed by atoms with Crippen molar-refractivity contribution in [3.05, 3.63) is 35.6 Å². The average Bonchev–Trinajstić information content (AvgIpc) is 2.47. The molecule has 3 nitrogen and oxygen atoms in total. The van der Waals surface area contributed by atoms with Gasteiger partial charge in [-0.1, -0.05) is 37.5 Å². The zero-order valence-electron chi connectivity index (χ0n) is 12.0. The number of halogens is 1. The molecule has 1 aliphatic rings. The van der Waals surface area contributed by atoms with Crippen molar-refractivity contribution in [2.24, 2.45) is 0 Å². The van der Waals surface area contributed by atoms with Gasteiger partial charge >= 0.3 is 0 Å². The van der Waals surface area contributed by atoms with Crippen LogP contribution in [0.5, 0.6) is 0 Å². The molecule has 0 saturated heterocycles. The SMILES string of the molecule is CNC1(CC(=O)NCc2ccccc2F)CCCCC1. The second-order valence-corrected chi connectivity index (χ2v) is 5.64. The Labute approximate surface area is 120 Å². The summed E-state index contributed by atoms with van der Waals surface area (Å²) < 4.78 is 13.5. The van der Waals surface area contributed by atoms with Crippen LogP contribution in [0.2, 0.25) is 0 Å². The molecule has 0 atom stereocenters. The quantitative estimate of drug-likeness (QED) is 0.869. The number of benzene rings is 1. The second-order valence-electron chi connectivity index (χ2n) is 5.64. The summed E-state index contributed by atoms with van der Waals surface area (Å²) in [5.41, 5.74) is 0.459. The van der Waals surface area contributed by atoms with Crippen LogP contribution in [0.1, 0.15) is 44.1 Å². The van der Waals surface area contributed by atoms with E-state index in [0.29, 0.717) is 12.0 Å². The molecule has 4 heteroatoms. The molecule has 0 bridgehead atoms. The molecule has 1 aliphatic carbocycles. The lowest BCUT2D eigenvalue weighted by molar-refractivity contribution is -0.123.